The molecule has 0 aliphatic rings. The van der Waals surface area contributed by atoms with Gasteiger partial charge in [-0.15, -0.1) is 0 Å². The van der Waals surface area contributed by atoms with E-state index >= 15 is 0 Å². The number of methoxy groups -OCH3 is 1. The second-order valence-corrected chi connectivity index (χ2v) is 6.00. The fourth-order valence-electron chi connectivity index (χ4n) is 2.81. The Labute approximate surface area is 159 Å². The number of rotatable bonds is 3. The van der Waals surface area contributed by atoms with Gasteiger partial charge in [0.05, 0.1) is 35.0 Å². The maximum Gasteiger partial charge on any atom is 0.417 e. The fourth-order valence-corrected chi connectivity index (χ4v) is 2.81. The lowest BCUT2D eigenvalue weighted by Gasteiger charge is -2.17. The lowest BCUT2D eigenvalue weighted by atomic mass is 9.99. The quantitative estimate of drug-likeness (QED) is 0.562. The van der Waals surface area contributed by atoms with Crippen LogP contribution in [-0.4, -0.2) is 23.2 Å². The summed E-state index contributed by atoms with van der Waals surface area (Å²) in [5, 5.41) is 9.44. The molecular weight excluding hydrogens is 404 g/mol. The monoisotopic (exact) mass is 415 g/mol. The van der Waals surface area contributed by atoms with E-state index in [2.05, 4.69) is 4.98 Å². The molecule has 0 spiro atoms. The molecule has 152 valence electrons. The normalized spacial score (nSPS) is 12.2. The highest BCUT2D eigenvalue weighted by Crippen LogP contribution is 2.41. The van der Waals surface area contributed by atoms with Crippen LogP contribution >= 0.6 is 0 Å². The number of carboxylic acid groups (broad SMARTS) is 1. The van der Waals surface area contributed by atoms with Crippen LogP contribution in [0.1, 0.15) is 21.5 Å². The lowest BCUT2D eigenvalue weighted by molar-refractivity contribution is -0.142. The predicted octanol–water partition coefficient (Wildman–Crippen LogP) is 5.65. The zero-order chi connectivity index (χ0) is 21.6. The average Bonchev–Trinajstić information content (AvgIpc) is 2.64. The van der Waals surface area contributed by atoms with Crippen LogP contribution < -0.4 is 4.74 Å². The van der Waals surface area contributed by atoms with Gasteiger partial charge in [0.1, 0.15) is 5.75 Å². The van der Waals surface area contributed by atoms with Crippen molar-refractivity contribution in [1.82, 2.24) is 4.98 Å². The number of nitrogens with zero attached hydrogens (tertiary/aromatic N) is 1. The predicted molar refractivity (Wildman–Crippen MR) is 90.7 cm³/mol. The minimum absolute atomic E-state index is 0.0152. The van der Waals surface area contributed by atoms with Crippen LogP contribution in [-0.2, 0) is 12.4 Å². The molecule has 3 aromatic rings. The molecule has 29 heavy (non-hydrogen) atoms. The van der Waals surface area contributed by atoms with Crippen molar-refractivity contribution in [1.29, 1.82) is 0 Å². The number of alkyl halides is 6. The lowest BCUT2D eigenvalue weighted by Crippen LogP contribution is -2.12. The number of benzene rings is 2. The van der Waals surface area contributed by atoms with Gasteiger partial charge in [-0.3, -0.25) is 0 Å². The zero-order valence-electron chi connectivity index (χ0n) is 14.5. The van der Waals surface area contributed by atoms with Gasteiger partial charge < -0.3 is 9.84 Å². The third-order valence-corrected chi connectivity index (χ3v) is 4.17. The number of carboxylic acids is 1. The highest BCUT2D eigenvalue weighted by molar-refractivity contribution is 5.96. The van der Waals surface area contributed by atoms with Crippen LogP contribution in [0.4, 0.5) is 26.3 Å². The van der Waals surface area contributed by atoms with Crippen LogP contribution in [0.2, 0.25) is 0 Å². The molecule has 0 saturated carbocycles. The number of carbonyl (C=O) groups is 1. The Morgan fingerprint density at radius 3 is 2.21 bits per heavy atom. The zero-order valence-corrected chi connectivity index (χ0v) is 14.5. The molecule has 0 aliphatic carbocycles. The molecule has 0 atom stereocenters. The number of hydrogen-bond donors (Lipinski definition) is 1. The Hall–Kier alpha value is -3.30. The van der Waals surface area contributed by atoms with Crippen molar-refractivity contribution in [3.63, 3.8) is 0 Å². The van der Waals surface area contributed by atoms with E-state index in [0.717, 1.165) is 12.1 Å². The molecule has 3 rings (SSSR count). The molecule has 2 aromatic carbocycles. The van der Waals surface area contributed by atoms with E-state index in [4.69, 9.17) is 9.84 Å². The average molecular weight is 415 g/mol. The molecule has 0 saturated heterocycles. The second kappa shape index (κ2) is 6.94. The Bertz CT molecular complexity index is 1110. The summed E-state index contributed by atoms with van der Waals surface area (Å²) in [6.45, 7) is 0. The van der Waals surface area contributed by atoms with Crippen molar-refractivity contribution >= 4 is 16.9 Å². The molecule has 1 N–H and O–H groups in total. The summed E-state index contributed by atoms with van der Waals surface area (Å²) in [7, 11) is 1.25. The van der Waals surface area contributed by atoms with E-state index in [1.807, 2.05) is 0 Å². The summed E-state index contributed by atoms with van der Waals surface area (Å²) in [4.78, 5) is 15.2. The third-order valence-electron chi connectivity index (χ3n) is 4.17. The van der Waals surface area contributed by atoms with Crippen molar-refractivity contribution < 1.29 is 41.0 Å². The number of fused-ring (bicyclic) bond motifs is 1. The molecule has 4 nitrogen and oxygen atoms in total. The number of hydrogen-bond acceptors (Lipinski definition) is 3. The molecule has 10 heteroatoms. The number of aromatic nitrogens is 1. The maximum atomic E-state index is 13.5. The second-order valence-electron chi connectivity index (χ2n) is 6.00. The molecular formula is C19H11F6NO3. The summed E-state index contributed by atoms with van der Waals surface area (Å²) in [6.07, 6.45) is -10.0. The van der Waals surface area contributed by atoms with Gasteiger partial charge in [0.25, 0.3) is 0 Å². The summed E-state index contributed by atoms with van der Waals surface area (Å²) in [6, 6.07) is 6.17. The van der Waals surface area contributed by atoms with Crippen molar-refractivity contribution in [3.05, 3.63) is 59.2 Å². The van der Waals surface area contributed by atoms with Crippen LogP contribution in [0.25, 0.3) is 22.2 Å². The standard InChI is InChI=1S/C19H11F6NO3/c1-29-16-8-15(26-14-6-9(17(27)28)2-4-12(14)16)11-5-3-10(18(20,21)22)7-13(11)19(23,24)25/h2-8H,1H3,(H,27,28). The molecule has 0 unspecified atom stereocenters. The summed E-state index contributed by atoms with van der Waals surface area (Å²) in [5.41, 5.74) is -4.01. The molecule has 0 amide bonds. The maximum absolute atomic E-state index is 13.5. The van der Waals surface area contributed by atoms with Crippen molar-refractivity contribution in [2.24, 2.45) is 0 Å². The molecule has 0 fully saturated rings. The van der Waals surface area contributed by atoms with E-state index in [1.54, 1.807) is 0 Å². The smallest absolute Gasteiger partial charge is 0.417 e. The molecule has 1 aromatic heterocycles. The number of aromatic carboxylic acids is 1. The first-order chi connectivity index (χ1) is 13.4. The summed E-state index contributed by atoms with van der Waals surface area (Å²) < 4.78 is 84.2. The molecule has 1 heterocycles. The van der Waals surface area contributed by atoms with Crippen LogP contribution in [0, 0.1) is 0 Å². The Morgan fingerprint density at radius 2 is 1.66 bits per heavy atom. The van der Waals surface area contributed by atoms with Crippen molar-refractivity contribution in [3.8, 4) is 17.0 Å². The van der Waals surface area contributed by atoms with Gasteiger partial charge in [0.15, 0.2) is 0 Å². The van der Waals surface area contributed by atoms with Gasteiger partial charge in [-0.25, -0.2) is 9.78 Å². The van der Waals surface area contributed by atoms with Gasteiger partial charge >= 0.3 is 18.3 Å². The minimum atomic E-state index is -5.08. The molecule has 0 bridgehead atoms. The first-order valence-corrected chi connectivity index (χ1v) is 7.92. The van der Waals surface area contributed by atoms with Gasteiger partial charge in [-0.1, -0.05) is 6.07 Å². The van der Waals surface area contributed by atoms with Gasteiger partial charge in [0, 0.05) is 17.0 Å². The largest absolute Gasteiger partial charge is 0.496 e. The number of halogens is 6. The van der Waals surface area contributed by atoms with E-state index in [0.29, 0.717) is 17.5 Å². The van der Waals surface area contributed by atoms with E-state index in [9.17, 15) is 31.1 Å². The van der Waals surface area contributed by atoms with Crippen molar-refractivity contribution in [2.75, 3.05) is 7.11 Å². The van der Waals surface area contributed by atoms with Crippen LogP contribution in [0.3, 0.4) is 0 Å². The minimum Gasteiger partial charge on any atom is -0.496 e. The Kier molecular flexibility index (Phi) is 4.89. The highest BCUT2D eigenvalue weighted by atomic mass is 19.4. The van der Waals surface area contributed by atoms with E-state index in [1.165, 1.54) is 19.2 Å². The van der Waals surface area contributed by atoms with Crippen molar-refractivity contribution in [2.45, 2.75) is 12.4 Å². The van der Waals surface area contributed by atoms with Gasteiger partial charge in [-0.05, 0) is 30.3 Å². The van der Waals surface area contributed by atoms with Crippen LogP contribution in [0.15, 0.2) is 42.5 Å². The number of ether oxygens (including phenoxy) is 1. The van der Waals surface area contributed by atoms with E-state index in [-0.39, 0.29) is 28.6 Å². The number of pyridine rings is 1. The molecule has 0 radical (unpaired) electrons. The first kappa shape index (κ1) is 20.4. The highest BCUT2D eigenvalue weighted by Gasteiger charge is 2.38. The summed E-state index contributed by atoms with van der Waals surface area (Å²) >= 11 is 0. The first-order valence-electron chi connectivity index (χ1n) is 7.92. The molecule has 0 aliphatic heterocycles. The third kappa shape index (κ3) is 3.96. The topological polar surface area (TPSA) is 59.4 Å². The van der Waals surface area contributed by atoms with Crippen LogP contribution in [0.5, 0.6) is 5.75 Å². The SMILES string of the molecule is COc1cc(-c2ccc(C(F)(F)F)cc2C(F)(F)F)nc2cc(C(=O)O)ccc12. The summed E-state index contributed by atoms with van der Waals surface area (Å²) in [5.74, 6) is -1.18. The van der Waals surface area contributed by atoms with Gasteiger partial charge in [0.2, 0.25) is 0 Å². The Balaban J connectivity index is 2.30. The fraction of sp³-hybridized carbons (Fsp3) is 0.158. The van der Waals surface area contributed by atoms with E-state index < -0.39 is 35.0 Å². The Morgan fingerprint density at radius 1 is 0.966 bits per heavy atom. The van der Waals surface area contributed by atoms with Gasteiger partial charge in [-0.2, -0.15) is 26.3 Å².